The lowest BCUT2D eigenvalue weighted by molar-refractivity contribution is -0.137. The SMILES string of the molecule is O=C(O)CCN(C(=O)c1ccc(F)c(F)c1F)C1CC1. The predicted molar refractivity (Wildman–Crippen MR) is 62.6 cm³/mol. The summed E-state index contributed by atoms with van der Waals surface area (Å²) in [4.78, 5) is 23.9. The molecule has 1 N–H and O–H groups in total. The number of amides is 1. The third kappa shape index (κ3) is 2.92. The highest BCUT2D eigenvalue weighted by molar-refractivity contribution is 5.95. The molecule has 0 aromatic heterocycles. The Morgan fingerprint density at radius 2 is 1.85 bits per heavy atom. The topological polar surface area (TPSA) is 57.6 Å². The molecule has 0 bridgehead atoms. The molecule has 108 valence electrons. The van der Waals surface area contributed by atoms with E-state index in [2.05, 4.69) is 0 Å². The summed E-state index contributed by atoms with van der Waals surface area (Å²) < 4.78 is 39.5. The lowest BCUT2D eigenvalue weighted by Crippen LogP contribution is -2.35. The lowest BCUT2D eigenvalue weighted by Gasteiger charge is -2.22. The van der Waals surface area contributed by atoms with Gasteiger partial charge in [-0.2, -0.15) is 0 Å². The number of carboxylic acids is 1. The molecule has 20 heavy (non-hydrogen) atoms. The maximum absolute atomic E-state index is 13.6. The van der Waals surface area contributed by atoms with Gasteiger partial charge in [0.15, 0.2) is 17.5 Å². The summed E-state index contributed by atoms with van der Waals surface area (Å²) in [6.07, 6.45) is 1.10. The first kappa shape index (κ1) is 14.4. The molecule has 1 aliphatic carbocycles. The van der Waals surface area contributed by atoms with E-state index in [1.165, 1.54) is 4.90 Å². The van der Waals surface area contributed by atoms with Crippen LogP contribution in [-0.2, 0) is 4.79 Å². The standard InChI is InChI=1S/C13H12F3NO3/c14-9-4-3-8(11(15)12(9)16)13(20)17(7-1-2-7)6-5-10(18)19/h3-4,7H,1-2,5-6H2,(H,18,19). The maximum Gasteiger partial charge on any atom is 0.305 e. The maximum atomic E-state index is 13.6. The number of hydrogen-bond acceptors (Lipinski definition) is 2. The minimum absolute atomic E-state index is 0.0860. The number of hydrogen-bond donors (Lipinski definition) is 1. The van der Waals surface area contributed by atoms with Gasteiger partial charge in [0.1, 0.15) is 0 Å². The quantitative estimate of drug-likeness (QED) is 0.844. The van der Waals surface area contributed by atoms with Crippen molar-refractivity contribution >= 4 is 11.9 Å². The smallest absolute Gasteiger partial charge is 0.305 e. The Morgan fingerprint density at radius 3 is 2.40 bits per heavy atom. The fourth-order valence-electron chi connectivity index (χ4n) is 1.90. The molecule has 0 spiro atoms. The molecule has 0 heterocycles. The number of nitrogens with zero attached hydrogens (tertiary/aromatic N) is 1. The van der Waals surface area contributed by atoms with E-state index in [0.717, 1.165) is 6.07 Å². The molecule has 0 radical (unpaired) electrons. The van der Waals surface area contributed by atoms with Crippen LogP contribution in [0.15, 0.2) is 12.1 Å². The van der Waals surface area contributed by atoms with Crippen LogP contribution in [0.3, 0.4) is 0 Å². The number of benzene rings is 1. The zero-order valence-electron chi connectivity index (χ0n) is 10.4. The van der Waals surface area contributed by atoms with Gasteiger partial charge in [-0.25, -0.2) is 13.2 Å². The van der Waals surface area contributed by atoms with Crippen LogP contribution in [0.4, 0.5) is 13.2 Å². The minimum atomic E-state index is -1.70. The summed E-state index contributed by atoms with van der Waals surface area (Å²) in [6.45, 7) is -0.0860. The van der Waals surface area contributed by atoms with Gasteiger partial charge in [0.2, 0.25) is 0 Å². The monoisotopic (exact) mass is 287 g/mol. The van der Waals surface area contributed by atoms with Crippen molar-refractivity contribution in [3.05, 3.63) is 35.1 Å². The van der Waals surface area contributed by atoms with Gasteiger partial charge in [0.05, 0.1) is 12.0 Å². The van der Waals surface area contributed by atoms with Gasteiger partial charge >= 0.3 is 5.97 Å². The number of carbonyl (C=O) groups excluding carboxylic acids is 1. The van der Waals surface area contributed by atoms with Crippen LogP contribution in [0.2, 0.25) is 0 Å². The fraction of sp³-hybridized carbons (Fsp3) is 0.385. The van der Waals surface area contributed by atoms with Crippen LogP contribution >= 0.6 is 0 Å². The van der Waals surface area contributed by atoms with Crippen LogP contribution in [0, 0.1) is 17.5 Å². The summed E-state index contributed by atoms with van der Waals surface area (Å²) in [5.74, 6) is -6.53. The third-order valence-electron chi connectivity index (χ3n) is 3.08. The predicted octanol–water partition coefficient (Wildman–Crippen LogP) is 2.18. The largest absolute Gasteiger partial charge is 0.481 e. The highest BCUT2D eigenvalue weighted by atomic mass is 19.2. The molecular weight excluding hydrogens is 275 g/mol. The summed E-state index contributed by atoms with van der Waals surface area (Å²) in [6, 6.07) is 1.38. The van der Waals surface area contributed by atoms with Gasteiger partial charge in [0.25, 0.3) is 5.91 Å². The number of carboxylic acid groups (broad SMARTS) is 1. The second kappa shape index (κ2) is 5.52. The average molecular weight is 287 g/mol. The Balaban J connectivity index is 2.23. The van der Waals surface area contributed by atoms with Crippen molar-refractivity contribution in [2.24, 2.45) is 0 Å². The Kier molecular flexibility index (Phi) is 3.96. The Hall–Kier alpha value is -2.05. The Bertz CT molecular complexity index is 558. The Morgan fingerprint density at radius 1 is 1.20 bits per heavy atom. The molecule has 1 fully saturated rings. The van der Waals surface area contributed by atoms with Crippen LogP contribution in [0.25, 0.3) is 0 Å². The first-order chi connectivity index (χ1) is 9.41. The van der Waals surface area contributed by atoms with Crippen molar-refractivity contribution in [2.75, 3.05) is 6.54 Å². The van der Waals surface area contributed by atoms with Crippen LogP contribution in [0.1, 0.15) is 29.6 Å². The van der Waals surface area contributed by atoms with E-state index < -0.39 is 34.9 Å². The number of halogens is 3. The van der Waals surface area contributed by atoms with Crippen molar-refractivity contribution in [2.45, 2.75) is 25.3 Å². The molecule has 0 saturated heterocycles. The summed E-state index contributed by atoms with van der Waals surface area (Å²) in [5, 5.41) is 8.63. The zero-order chi connectivity index (χ0) is 14.9. The van der Waals surface area contributed by atoms with E-state index >= 15 is 0 Å². The van der Waals surface area contributed by atoms with E-state index in [1.54, 1.807) is 0 Å². The molecule has 1 saturated carbocycles. The molecular formula is C13H12F3NO3. The van der Waals surface area contributed by atoms with Crippen molar-refractivity contribution in [3.8, 4) is 0 Å². The molecule has 0 atom stereocenters. The molecule has 7 heteroatoms. The van der Waals surface area contributed by atoms with Gasteiger partial charge in [-0.15, -0.1) is 0 Å². The third-order valence-corrected chi connectivity index (χ3v) is 3.08. The first-order valence-corrected chi connectivity index (χ1v) is 6.08. The number of aliphatic carboxylic acids is 1. The minimum Gasteiger partial charge on any atom is -0.481 e. The molecule has 1 aromatic rings. The van der Waals surface area contributed by atoms with Gasteiger partial charge in [-0.3, -0.25) is 9.59 Å². The second-order valence-electron chi connectivity index (χ2n) is 4.60. The highest BCUT2D eigenvalue weighted by Crippen LogP contribution is 2.29. The zero-order valence-corrected chi connectivity index (χ0v) is 10.4. The highest BCUT2D eigenvalue weighted by Gasteiger charge is 2.34. The molecule has 1 aromatic carbocycles. The van der Waals surface area contributed by atoms with E-state index in [1.807, 2.05) is 0 Å². The van der Waals surface area contributed by atoms with Crippen molar-refractivity contribution in [1.29, 1.82) is 0 Å². The molecule has 2 rings (SSSR count). The van der Waals surface area contributed by atoms with E-state index in [0.29, 0.717) is 18.9 Å². The number of carbonyl (C=O) groups is 2. The van der Waals surface area contributed by atoms with E-state index in [4.69, 9.17) is 5.11 Å². The lowest BCUT2D eigenvalue weighted by atomic mass is 10.1. The van der Waals surface area contributed by atoms with E-state index in [9.17, 15) is 22.8 Å². The van der Waals surface area contributed by atoms with E-state index in [-0.39, 0.29) is 19.0 Å². The summed E-state index contributed by atoms with van der Waals surface area (Å²) >= 11 is 0. The first-order valence-electron chi connectivity index (χ1n) is 6.08. The van der Waals surface area contributed by atoms with Crippen molar-refractivity contribution < 1.29 is 27.9 Å². The van der Waals surface area contributed by atoms with Gasteiger partial charge in [-0.05, 0) is 25.0 Å². The van der Waals surface area contributed by atoms with Crippen molar-refractivity contribution in [3.63, 3.8) is 0 Å². The van der Waals surface area contributed by atoms with Gasteiger partial charge in [-0.1, -0.05) is 0 Å². The van der Waals surface area contributed by atoms with Crippen LogP contribution in [0.5, 0.6) is 0 Å². The molecule has 0 aliphatic heterocycles. The van der Waals surface area contributed by atoms with Crippen LogP contribution in [-0.4, -0.2) is 34.5 Å². The second-order valence-corrected chi connectivity index (χ2v) is 4.60. The van der Waals surface area contributed by atoms with Gasteiger partial charge < -0.3 is 10.0 Å². The fourth-order valence-corrected chi connectivity index (χ4v) is 1.90. The van der Waals surface area contributed by atoms with Crippen molar-refractivity contribution in [1.82, 2.24) is 4.90 Å². The normalized spacial score (nSPS) is 14.2. The molecule has 0 unspecified atom stereocenters. The summed E-state index contributed by atoms with van der Waals surface area (Å²) in [7, 11) is 0. The Labute approximate surface area is 112 Å². The average Bonchev–Trinajstić information content (AvgIpc) is 3.20. The molecule has 4 nitrogen and oxygen atoms in total. The molecule has 1 aliphatic rings. The molecule has 1 amide bonds. The van der Waals surface area contributed by atoms with Gasteiger partial charge in [0, 0.05) is 12.6 Å². The van der Waals surface area contributed by atoms with Crippen LogP contribution < -0.4 is 0 Å². The number of rotatable bonds is 5. The summed E-state index contributed by atoms with van der Waals surface area (Å²) in [5.41, 5.74) is -0.582.